The van der Waals surface area contributed by atoms with E-state index in [4.69, 9.17) is 28.4 Å². The molecule has 34 heavy (non-hydrogen) atoms. The molecule has 5 aliphatic carbocycles. The molecular formula is C26H39NO7. The predicted octanol–water partition coefficient (Wildman–Crippen LogP) is 1.50. The molecule has 7 aliphatic rings. The molecule has 0 radical (unpaired) electrons. The lowest BCUT2D eigenvalue weighted by molar-refractivity contribution is -0.286. The van der Waals surface area contributed by atoms with Crippen LogP contribution >= 0.6 is 0 Å². The first-order valence-electron chi connectivity index (χ1n) is 13.1. The Kier molecular flexibility index (Phi) is 4.67. The molecule has 190 valence electrons. The monoisotopic (exact) mass is 477 g/mol. The van der Waals surface area contributed by atoms with Crippen molar-refractivity contribution in [2.75, 3.05) is 54.9 Å². The number of methoxy groups -OCH3 is 4. The molecule has 0 aromatic heterocycles. The second-order valence-electron chi connectivity index (χ2n) is 12.1. The molecule has 7 rings (SSSR count). The van der Waals surface area contributed by atoms with Gasteiger partial charge in [-0.25, -0.2) is 0 Å². The summed E-state index contributed by atoms with van der Waals surface area (Å²) >= 11 is 0. The van der Waals surface area contributed by atoms with Crippen LogP contribution in [0.5, 0.6) is 0 Å². The largest absolute Gasteiger partial charge is 0.384 e. The maximum absolute atomic E-state index is 15.1. The number of likely N-dealkylation sites (tertiary alicyclic amines) is 1. The van der Waals surface area contributed by atoms with Gasteiger partial charge < -0.3 is 28.4 Å². The lowest BCUT2D eigenvalue weighted by atomic mass is 9.42. The third kappa shape index (κ3) is 2.00. The Morgan fingerprint density at radius 1 is 1.12 bits per heavy atom. The topological polar surface area (TPSA) is 75.7 Å². The Bertz CT molecular complexity index is 900. The van der Waals surface area contributed by atoms with Crippen molar-refractivity contribution in [3.63, 3.8) is 0 Å². The number of piperidine rings is 1. The number of fused-ring (bicyclic) bond motifs is 1. The number of hydrogen-bond acceptors (Lipinski definition) is 8. The minimum absolute atomic E-state index is 0.00444. The van der Waals surface area contributed by atoms with E-state index < -0.39 is 11.2 Å². The van der Waals surface area contributed by atoms with Crippen molar-refractivity contribution in [2.45, 2.75) is 68.2 Å². The van der Waals surface area contributed by atoms with E-state index in [1.165, 1.54) is 0 Å². The van der Waals surface area contributed by atoms with E-state index in [1.807, 2.05) is 14.2 Å². The standard InChI is InChI=1S/C26H39NO7/c1-6-27-11-23(12-29-2)8-7-17(31-4)25-15-9-14-16(30-3)10-24(18(15)19(14)32-5)26(22(25)27,34-13-33-24)21(28)20(23)25/h14-20,22H,6-13H2,1-5H3. The average molecular weight is 478 g/mol. The van der Waals surface area contributed by atoms with Crippen LogP contribution in [0, 0.1) is 34.5 Å². The zero-order valence-corrected chi connectivity index (χ0v) is 21.1. The van der Waals surface area contributed by atoms with Gasteiger partial charge in [0.25, 0.3) is 0 Å². The Morgan fingerprint density at radius 3 is 2.62 bits per heavy atom. The molecule has 5 saturated carbocycles. The van der Waals surface area contributed by atoms with Gasteiger partial charge in [0, 0.05) is 70.0 Å². The molecule has 0 N–H and O–H groups in total. The number of nitrogens with zero attached hydrogens (tertiary/aromatic N) is 1. The van der Waals surface area contributed by atoms with E-state index in [1.54, 1.807) is 14.2 Å². The fourth-order valence-corrected chi connectivity index (χ4v) is 11.4. The Labute approximate surface area is 201 Å². The van der Waals surface area contributed by atoms with Crippen molar-refractivity contribution in [3.8, 4) is 0 Å². The average Bonchev–Trinajstić information content (AvgIpc) is 3.42. The van der Waals surface area contributed by atoms with Crippen molar-refractivity contribution in [1.29, 1.82) is 0 Å². The number of likely N-dealkylation sites (N-methyl/N-ethyl adjacent to an activating group) is 1. The van der Waals surface area contributed by atoms with E-state index in [0.717, 1.165) is 32.4 Å². The second-order valence-corrected chi connectivity index (χ2v) is 12.1. The van der Waals surface area contributed by atoms with Gasteiger partial charge in [-0.2, -0.15) is 0 Å². The van der Waals surface area contributed by atoms with Crippen LogP contribution in [0.3, 0.4) is 0 Å². The minimum Gasteiger partial charge on any atom is -0.384 e. The molecule has 2 heterocycles. The van der Waals surface area contributed by atoms with E-state index in [2.05, 4.69) is 11.8 Å². The van der Waals surface area contributed by atoms with Crippen LogP contribution in [-0.4, -0.2) is 101 Å². The fourth-order valence-electron chi connectivity index (χ4n) is 11.4. The number of Topliss-reactive ketones (excluding diaryl/α,β-unsaturated/α-hetero) is 1. The minimum atomic E-state index is -1.02. The highest BCUT2D eigenvalue weighted by molar-refractivity contribution is 5.98. The first-order valence-corrected chi connectivity index (χ1v) is 13.1. The Hall–Kier alpha value is -0.610. The van der Waals surface area contributed by atoms with Crippen LogP contribution in [0.1, 0.15) is 32.6 Å². The van der Waals surface area contributed by atoms with Gasteiger partial charge >= 0.3 is 0 Å². The van der Waals surface area contributed by atoms with Crippen molar-refractivity contribution < 1.29 is 33.2 Å². The lowest BCUT2D eigenvalue weighted by Gasteiger charge is -2.69. The first-order chi connectivity index (χ1) is 16.5. The molecule has 7 fully saturated rings. The van der Waals surface area contributed by atoms with Crippen molar-refractivity contribution in [3.05, 3.63) is 0 Å². The zero-order chi connectivity index (χ0) is 23.7. The van der Waals surface area contributed by atoms with Gasteiger partial charge in [0.15, 0.2) is 11.4 Å². The number of carbonyl (C=O) groups is 1. The van der Waals surface area contributed by atoms with E-state index >= 15 is 4.79 Å². The third-order valence-corrected chi connectivity index (χ3v) is 11.8. The van der Waals surface area contributed by atoms with Crippen LogP contribution in [0.15, 0.2) is 0 Å². The van der Waals surface area contributed by atoms with Gasteiger partial charge in [0.2, 0.25) is 0 Å². The van der Waals surface area contributed by atoms with Crippen LogP contribution in [0.4, 0.5) is 0 Å². The molecule has 3 spiro atoms. The maximum Gasteiger partial charge on any atom is 0.174 e. The second kappa shape index (κ2) is 7.03. The summed E-state index contributed by atoms with van der Waals surface area (Å²) in [4.78, 5) is 17.6. The Balaban J connectivity index is 1.56. The third-order valence-electron chi connectivity index (χ3n) is 11.8. The van der Waals surface area contributed by atoms with Gasteiger partial charge in [-0.3, -0.25) is 9.69 Å². The van der Waals surface area contributed by atoms with Crippen LogP contribution < -0.4 is 0 Å². The summed E-state index contributed by atoms with van der Waals surface area (Å²) in [6.07, 6.45) is 3.50. The highest BCUT2D eigenvalue weighted by Crippen LogP contribution is 2.81. The lowest BCUT2D eigenvalue weighted by Crippen LogP contribution is -2.81. The SMILES string of the molecule is CCN1CC2(COC)CCC(OC)C34C5CC6C(OC)CC7(OCOC7(C(=O)C23)C14)C5C6OC. The summed E-state index contributed by atoms with van der Waals surface area (Å²) in [7, 11) is 7.21. The zero-order valence-electron chi connectivity index (χ0n) is 21.1. The van der Waals surface area contributed by atoms with Gasteiger partial charge in [-0.1, -0.05) is 6.92 Å². The van der Waals surface area contributed by atoms with E-state index in [0.29, 0.717) is 13.0 Å². The van der Waals surface area contributed by atoms with Crippen molar-refractivity contribution in [1.82, 2.24) is 4.90 Å². The summed E-state index contributed by atoms with van der Waals surface area (Å²) in [6, 6.07) is -0.0617. The van der Waals surface area contributed by atoms with Gasteiger partial charge in [-0.15, -0.1) is 0 Å². The molecule has 8 heteroatoms. The number of hydrogen-bond donors (Lipinski definition) is 0. The number of ketones is 1. The molecule has 7 bridgehead atoms. The highest BCUT2D eigenvalue weighted by atomic mass is 16.7. The molecular weight excluding hydrogens is 438 g/mol. The molecule has 0 amide bonds. The van der Waals surface area contributed by atoms with Gasteiger partial charge in [0.05, 0.1) is 31.0 Å². The molecule has 8 nitrogen and oxygen atoms in total. The molecule has 0 aromatic carbocycles. The van der Waals surface area contributed by atoms with Crippen LogP contribution in [0.2, 0.25) is 0 Å². The molecule has 12 atom stereocenters. The molecule has 0 aromatic rings. The molecule has 2 aliphatic heterocycles. The smallest absolute Gasteiger partial charge is 0.174 e. The molecule has 12 unspecified atom stereocenters. The predicted molar refractivity (Wildman–Crippen MR) is 120 cm³/mol. The Morgan fingerprint density at radius 2 is 1.94 bits per heavy atom. The summed E-state index contributed by atoms with van der Waals surface area (Å²) in [5.74, 6) is 0.706. The summed E-state index contributed by atoms with van der Waals surface area (Å²) in [6.45, 7) is 4.67. The number of ether oxygens (including phenoxy) is 6. The molecule has 2 saturated heterocycles. The van der Waals surface area contributed by atoms with E-state index in [9.17, 15) is 0 Å². The summed E-state index contributed by atoms with van der Waals surface area (Å²) in [5.41, 5.74) is -2.32. The maximum atomic E-state index is 15.1. The van der Waals surface area contributed by atoms with Crippen molar-refractivity contribution in [2.24, 2.45) is 34.5 Å². The fraction of sp³-hybridized carbons (Fsp3) is 0.962. The van der Waals surface area contributed by atoms with Crippen LogP contribution in [0.25, 0.3) is 0 Å². The first kappa shape index (κ1) is 22.6. The van der Waals surface area contributed by atoms with Gasteiger partial charge in [-0.05, 0) is 31.7 Å². The van der Waals surface area contributed by atoms with Crippen molar-refractivity contribution >= 4 is 5.78 Å². The normalized spacial score (nSPS) is 58.9. The summed E-state index contributed by atoms with van der Waals surface area (Å²) in [5, 5.41) is 0. The number of rotatable bonds is 6. The summed E-state index contributed by atoms with van der Waals surface area (Å²) < 4.78 is 38.0. The van der Waals surface area contributed by atoms with E-state index in [-0.39, 0.29) is 71.4 Å². The number of carbonyl (C=O) groups excluding carboxylic acids is 1. The quantitative estimate of drug-likeness (QED) is 0.570. The van der Waals surface area contributed by atoms with Crippen LogP contribution in [-0.2, 0) is 33.2 Å². The van der Waals surface area contributed by atoms with Gasteiger partial charge in [0.1, 0.15) is 12.4 Å². The highest BCUT2D eigenvalue weighted by Gasteiger charge is 2.94.